The number of ether oxygens (including phenoxy) is 1. The first-order valence-corrected chi connectivity index (χ1v) is 15.3. The molecule has 212 valence electrons. The molecule has 0 spiro atoms. The van der Waals surface area contributed by atoms with Gasteiger partial charge in [-0.2, -0.15) is 4.91 Å². The van der Waals surface area contributed by atoms with Crippen LogP contribution in [0, 0.1) is 39.9 Å². The molecule has 1 saturated heterocycles. The highest BCUT2D eigenvalue weighted by Gasteiger charge is 2.58. The molecule has 1 unspecified atom stereocenters. The lowest BCUT2D eigenvalue weighted by Crippen LogP contribution is -2.45. The van der Waals surface area contributed by atoms with Crippen molar-refractivity contribution in [1.29, 1.82) is 0 Å². The monoisotopic (exact) mass is 542 g/mol. The molecule has 0 aromatic heterocycles. The Labute approximate surface area is 238 Å². The Morgan fingerprint density at radius 1 is 1.10 bits per heavy atom. The van der Waals surface area contributed by atoms with Crippen molar-refractivity contribution in [2.24, 2.45) is 28.3 Å². The number of Topliss-reactive ketones (excluding diaryl/α,β-unsaturated/α-hetero) is 1. The van der Waals surface area contributed by atoms with E-state index >= 15 is 0 Å². The van der Waals surface area contributed by atoms with Crippen molar-refractivity contribution in [3.8, 4) is 11.8 Å². The quantitative estimate of drug-likeness (QED) is 0.262. The van der Waals surface area contributed by atoms with E-state index in [0.717, 1.165) is 58.0 Å². The van der Waals surface area contributed by atoms with E-state index in [0.29, 0.717) is 11.8 Å². The fourth-order valence-electron chi connectivity index (χ4n) is 8.99. The smallest absolute Gasteiger partial charge is 0.162 e. The topological polar surface area (TPSA) is 79.2 Å². The largest absolute Gasteiger partial charge is 0.384 e. The van der Waals surface area contributed by atoms with E-state index < -0.39 is 0 Å². The van der Waals surface area contributed by atoms with Crippen LogP contribution in [-0.2, 0) is 9.53 Å². The van der Waals surface area contributed by atoms with Gasteiger partial charge in [-0.3, -0.25) is 4.79 Å². The summed E-state index contributed by atoms with van der Waals surface area (Å²) >= 11 is 0. The molecule has 40 heavy (non-hydrogen) atoms. The molecule has 1 N–H and O–H groups in total. The number of aliphatic hydroxyl groups excluding tert-OH is 1. The molecular formula is C34H42N2O4. The molecule has 6 atom stereocenters. The van der Waals surface area contributed by atoms with Crippen molar-refractivity contribution in [2.75, 3.05) is 37.8 Å². The van der Waals surface area contributed by atoms with Crippen LogP contribution in [0.5, 0.6) is 0 Å². The molecule has 5 aliphatic rings. The molecule has 1 aromatic carbocycles. The predicted molar refractivity (Wildman–Crippen MR) is 157 cm³/mol. The molecule has 2 saturated carbocycles. The third-order valence-corrected chi connectivity index (χ3v) is 10.8. The maximum Gasteiger partial charge on any atom is 0.162 e. The van der Waals surface area contributed by atoms with Crippen molar-refractivity contribution in [1.82, 2.24) is 0 Å². The van der Waals surface area contributed by atoms with Gasteiger partial charge < -0.3 is 14.7 Å². The number of hydrogen-bond donors (Lipinski definition) is 1. The zero-order chi connectivity index (χ0) is 27.7. The third-order valence-electron chi connectivity index (χ3n) is 10.8. The molecule has 3 fully saturated rings. The lowest BCUT2D eigenvalue weighted by atomic mass is 9.51. The van der Waals surface area contributed by atoms with E-state index in [4.69, 9.17) is 9.84 Å². The van der Waals surface area contributed by atoms with Gasteiger partial charge in [0, 0.05) is 30.6 Å². The van der Waals surface area contributed by atoms with Crippen LogP contribution in [0.25, 0.3) is 0 Å². The maximum atomic E-state index is 13.5. The molecule has 0 radical (unpaired) electrons. The standard InChI is InChI=1S/C34H42N2O4/c1-34-21-29(23-6-10-26(11-7-23)36-16-2-3-17-36)33-27-13-9-25(35-39)20-24(27)8-12-28(33)30(34)14-15-31(34)32(38)22-40-19-5-4-18-37/h6-7,10-11,20,25,28-31,37H,2-3,8-9,12-19,21-22H2,1H3/t25?,28-,29+,30-,31+,34-/m0/s1. The van der Waals surface area contributed by atoms with Gasteiger partial charge in [0.05, 0.1) is 0 Å². The minimum absolute atomic E-state index is 0.00633. The number of carbonyl (C=O) groups excluding carboxylic acids is 1. The highest BCUT2D eigenvalue weighted by Crippen LogP contribution is 2.65. The van der Waals surface area contributed by atoms with E-state index in [9.17, 15) is 9.70 Å². The van der Waals surface area contributed by atoms with Gasteiger partial charge in [0.2, 0.25) is 0 Å². The first-order chi connectivity index (χ1) is 19.5. The van der Waals surface area contributed by atoms with Gasteiger partial charge >= 0.3 is 0 Å². The van der Waals surface area contributed by atoms with Crippen molar-refractivity contribution < 1.29 is 14.6 Å². The molecule has 0 bridgehead atoms. The Kier molecular flexibility index (Phi) is 7.97. The second-order valence-corrected chi connectivity index (χ2v) is 12.7. The number of carbonyl (C=O) groups is 1. The van der Waals surface area contributed by atoms with Crippen molar-refractivity contribution in [3.05, 3.63) is 57.5 Å². The van der Waals surface area contributed by atoms with Gasteiger partial charge in [0.25, 0.3) is 0 Å². The van der Waals surface area contributed by atoms with E-state index in [2.05, 4.69) is 59.2 Å². The van der Waals surface area contributed by atoms with E-state index in [1.54, 1.807) is 5.57 Å². The normalized spacial score (nSPS) is 32.9. The summed E-state index contributed by atoms with van der Waals surface area (Å²) in [5, 5.41) is 12.2. The predicted octanol–water partition coefficient (Wildman–Crippen LogP) is 5.95. The number of allylic oxidation sites excluding steroid dienone is 3. The van der Waals surface area contributed by atoms with Crippen LogP contribution in [0.2, 0.25) is 0 Å². The average Bonchev–Trinajstić information content (AvgIpc) is 3.64. The van der Waals surface area contributed by atoms with Crippen molar-refractivity contribution in [3.63, 3.8) is 0 Å². The van der Waals surface area contributed by atoms with Crippen LogP contribution >= 0.6 is 0 Å². The first-order valence-electron chi connectivity index (χ1n) is 15.3. The van der Waals surface area contributed by atoms with Crippen LogP contribution in [-0.4, -0.2) is 49.8 Å². The van der Waals surface area contributed by atoms with Crippen LogP contribution in [0.1, 0.15) is 76.2 Å². The van der Waals surface area contributed by atoms with Gasteiger partial charge in [-0.1, -0.05) is 47.7 Å². The van der Waals surface area contributed by atoms with Gasteiger partial charge in [0.15, 0.2) is 5.78 Å². The number of benzene rings is 1. The van der Waals surface area contributed by atoms with Gasteiger partial charge in [-0.15, -0.1) is 0 Å². The van der Waals surface area contributed by atoms with E-state index in [1.807, 2.05) is 0 Å². The lowest BCUT2D eigenvalue weighted by molar-refractivity contribution is -0.131. The van der Waals surface area contributed by atoms with Crippen LogP contribution in [0.3, 0.4) is 0 Å². The second kappa shape index (κ2) is 11.6. The number of aliphatic hydroxyl groups is 1. The number of anilines is 1. The fraction of sp³-hybridized carbons (Fsp3) is 0.618. The third kappa shape index (κ3) is 4.97. The molecule has 1 aromatic rings. The number of fused-ring (bicyclic) bond motifs is 4. The SMILES string of the molecule is C[C@]12C[C@H](c3ccc(N4CCCC4)cc3)C3=C4CCC(N=O)C=C4CC[C@H]3[C@@H]1CC[C@@H]2C(=O)COCC#CCO. The van der Waals surface area contributed by atoms with Crippen LogP contribution < -0.4 is 4.90 Å². The fourth-order valence-corrected chi connectivity index (χ4v) is 8.99. The second-order valence-electron chi connectivity index (χ2n) is 12.7. The summed E-state index contributed by atoms with van der Waals surface area (Å²) in [6.45, 7) is 4.73. The molecule has 6 rings (SSSR count). The van der Waals surface area contributed by atoms with Crippen LogP contribution in [0.4, 0.5) is 5.69 Å². The molecule has 0 amide bonds. The Hall–Kier alpha value is -2.75. The molecule has 4 aliphatic carbocycles. The highest BCUT2D eigenvalue weighted by molar-refractivity contribution is 5.83. The summed E-state index contributed by atoms with van der Waals surface area (Å²) in [6.07, 6.45) is 11.5. The number of rotatable bonds is 7. The summed E-state index contributed by atoms with van der Waals surface area (Å²) in [4.78, 5) is 27.4. The van der Waals surface area contributed by atoms with Crippen LogP contribution in [0.15, 0.2) is 52.2 Å². The minimum Gasteiger partial charge on any atom is -0.384 e. The Balaban J connectivity index is 1.34. The number of hydrogen-bond acceptors (Lipinski definition) is 6. The zero-order valence-electron chi connectivity index (χ0n) is 23.7. The average molecular weight is 543 g/mol. The minimum atomic E-state index is -0.196. The van der Waals surface area contributed by atoms with Crippen molar-refractivity contribution in [2.45, 2.75) is 76.7 Å². The Morgan fingerprint density at radius 3 is 2.65 bits per heavy atom. The van der Waals surface area contributed by atoms with Gasteiger partial charge in [0.1, 0.15) is 25.9 Å². The summed E-state index contributed by atoms with van der Waals surface area (Å²) in [5.74, 6) is 6.78. The zero-order valence-corrected chi connectivity index (χ0v) is 23.7. The maximum absolute atomic E-state index is 13.5. The lowest BCUT2D eigenvalue weighted by Gasteiger charge is -2.52. The van der Waals surface area contributed by atoms with Gasteiger partial charge in [-0.25, -0.2) is 0 Å². The summed E-state index contributed by atoms with van der Waals surface area (Å²) in [7, 11) is 0. The van der Waals surface area contributed by atoms with Crippen molar-refractivity contribution >= 4 is 11.5 Å². The molecule has 6 nitrogen and oxygen atoms in total. The number of ketones is 1. The molecule has 1 aliphatic heterocycles. The molecular weight excluding hydrogens is 500 g/mol. The Bertz CT molecular complexity index is 1250. The van der Waals surface area contributed by atoms with E-state index in [-0.39, 0.29) is 48.9 Å². The van der Waals surface area contributed by atoms with E-state index in [1.165, 1.54) is 35.2 Å². The molecule has 1 heterocycles. The molecule has 6 heteroatoms. The summed E-state index contributed by atoms with van der Waals surface area (Å²) < 4.78 is 5.62. The Morgan fingerprint density at radius 2 is 1.90 bits per heavy atom. The summed E-state index contributed by atoms with van der Waals surface area (Å²) in [5.41, 5.74) is 7.04. The first kappa shape index (κ1) is 27.4. The number of nitrogens with zero attached hydrogens (tertiary/aromatic N) is 2. The number of nitroso groups, excluding NO2 is 1. The highest BCUT2D eigenvalue weighted by atomic mass is 16.5. The van der Waals surface area contributed by atoms with Gasteiger partial charge in [-0.05, 0) is 104 Å². The summed E-state index contributed by atoms with van der Waals surface area (Å²) in [6, 6.07) is 9.11.